The highest BCUT2D eigenvalue weighted by atomic mass is 16.5. The molecule has 1 N–H and O–H groups in total. The molecule has 0 spiro atoms. The van der Waals surface area contributed by atoms with Gasteiger partial charge in [0.15, 0.2) is 0 Å². The highest BCUT2D eigenvalue weighted by Crippen LogP contribution is 2.30. The Hall–Kier alpha value is -2.17. The van der Waals surface area contributed by atoms with Gasteiger partial charge in [-0.15, -0.1) is 0 Å². The van der Waals surface area contributed by atoms with Crippen molar-refractivity contribution < 1.29 is 4.74 Å². The molecule has 0 saturated carbocycles. The van der Waals surface area contributed by atoms with Gasteiger partial charge in [0.1, 0.15) is 0 Å². The molecule has 1 aromatic carbocycles. The van der Waals surface area contributed by atoms with Crippen LogP contribution in [0.1, 0.15) is 12.0 Å². The minimum atomic E-state index is 0.867. The third-order valence-corrected chi connectivity index (χ3v) is 4.74. The van der Waals surface area contributed by atoms with Gasteiger partial charge in [-0.1, -0.05) is 24.3 Å². The standard InChI is InChI=1S/C20H23N3O/c1-2-8-18-16(6-1)17(7-5-11-23-12-14-24-15-13-23)20(22-18)19-9-3-4-10-21-19/h1-4,6,8-10,22H,5,7,11-15H2. The first-order valence-corrected chi connectivity index (χ1v) is 8.73. The Labute approximate surface area is 142 Å². The zero-order valence-corrected chi connectivity index (χ0v) is 13.9. The van der Waals surface area contributed by atoms with Crippen molar-refractivity contribution in [1.82, 2.24) is 14.9 Å². The van der Waals surface area contributed by atoms with Gasteiger partial charge in [-0.25, -0.2) is 0 Å². The van der Waals surface area contributed by atoms with E-state index in [0.29, 0.717) is 0 Å². The number of aromatic nitrogens is 2. The number of nitrogens with zero attached hydrogens (tertiary/aromatic N) is 2. The molecule has 24 heavy (non-hydrogen) atoms. The SMILES string of the molecule is c1ccc(-c2[nH]c3ccccc3c2CCCN2CCOCC2)nc1. The molecule has 3 aromatic rings. The number of morpholine rings is 1. The van der Waals surface area contributed by atoms with Crippen LogP contribution in [0.3, 0.4) is 0 Å². The van der Waals surface area contributed by atoms with E-state index in [0.717, 1.165) is 51.4 Å². The van der Waals surface area contributed by atoms with Crippen molar-refractivity contribution in [2.24, 2.45) is 0 Å². The van der Waals surface area contributed by atoms with Gasteiger partial charge < -0.3 is 9.72 Å². The first-order chi connectivity index (χ1) is 11.9. The predicted octanol–water partition coefficient (Wildman–Crippen LogP) is 3.49. The van der Waals surface area contributed by atoms with Gasteiger partial charge in [0.2, 0.25) is 0 Å². The van der Waals surface area contributed by atoms with Crippen LogP contribution >= 0.6 is 0 Å². The molecule has 0 amide bonds. The van der Waals surface area contributed by atoms with E-state index >= 15 is 0 Å². The number of hydrogen-bond acceptors (Lipinski definition) is 3. The molecule has 3 heterocycles. The van der Waals surface area contributed by atoms with E-state index < -0.39 is 0 Å². The number of rotatable bonds is 5. The fourth-order valence-electron chi connectivity index (χ4n) is 3.49. The number of pyridine rings is 1. The molecule has 0 atom stereocenters. The first kappa shape index (κ1) is 15.4. The Morgan fingerprint density at radius 3 is 2.71 bits per heavy atom. The van der Waals surface area contributed by atoms with Crippen molar-refractivity contribution in [2.45, 2.75) is 12.8 Å². The van der Waals surface area contributed by atoms with Gasteiger partial charge >= 0.3 is 0 Å². The van der Waals surface area contributed by atoms with Crippen molar-refractivity contribution in [1.29, 1.82) is 0 Å². The zero-order valence-electron chi connectivity index (χ0n) is 13.9. The van der Waals surface area contributed by atoms with Gasteiger partial charge in [-0.2, -0.15) is 0 Å². The molecule has 4 rings (SSSR count). The summed E-state index contributed by atoms with van der Waals surface area (Å²) in [7, 11) is 0. The first-order valence-electron chi connectivity index (χ1n) is 8.73. The summed E-state index contributed by atoms with van der Waals surface area (Å²) < 4.78 is 5.43. The number of benzene rings is 1. The van der Waals surface area contributed by atoms with E-state index in [1.807, 2.05) is 18.3 Å². The Bertz CT molecular complexity index is 791. The fourth-order valence-corrected chi connectivity index (χ4v) is 3.49. The van der Waals surface area contributed by atoms with Crippen molar-refractivity contribution >= 4 is 10.9 Å². The van der Waals surface area contributed by atoms with Gasteiger partial charge in [-0.05, 0) is 43.1 Å². The number of fused-ring (bicyclic) bond motifs is 1. The summed E-state index contributed by atoms with van der Waals surface area (Å²) in [5.74, 6) is 0. The average Bonchev–Trinajstić information content (AvgIpc) is 3.02. The summed E-state index contributed by atoms with van der Waals surface area (Å²) in [6.45, 7) is 4.98. The number of aryl methyl sites for hydroxylation is 1. The highest BCUT2D eigenvalue weighted by molar-refractivity contribution is 5.90. The zero-order chi connectivity index (χ0) is 16.2. The second-order valence-corrected chi connectivity index (χ2v) is 6.30. The predicted molar refractivity (Wildman–Crippen MR) is 97.1 cm³/mol. The maximum Gasteiger partial charge on any atom is 0.0867 e. The average molecular weight is 321 g/mol. The normalized spacial score (nSPS) is 15.8. The lowest BCUT2D eigenvalue weighted by Crippen LogP contribution is -2.36. The van der Waals surface area contributed by atoms with Crippen molar-refractivity contribution in [3.05, 3.63) is 54.2 Å². The smallest absolute Gasteiger partial charge is 0.0867 e. The summed E-state index contributed by atoms with van der Waals surface area (Å²) in [4.78, 5) is 10.6. The minimum absolute atomic E-state index is 0.867. The van der Waals surface area contributed by atoms with E-state index in [1.54, 1.807) is 0 Å². The lowest BCUT2D eigenvalue weighted by Gasteiger charge is -2.26. The van der Waals surface area contributed by atoms with Crippen LogP contribution < -0.4 is 0 Å². The number of nitrogens with one attached hydrogen (secondary N) is 1. The third kappa shape index (κ3) is 3.21. The van der Waals surface area contributed by atoms with Crippen LogP contribution in [-0.2, 0) is 11.2 Å². The third-order valence-electron chi connectivity index (χ3n) is 4.74. The lowest BCUT2D eigenvalue weighted by molar-refractivity contribution is 0.0375. The van der Waals surface area contributed by atoms with E-state index in [4.69, 9.17) is 4.74 Å². The van der Waals surface area contributed by atoms with E-state index in [-0.39, 0.29) is 0 Å². The fraction of sp³-hybridized carbons (Fsp3) is 0.350. The topological polar surface area (TPSA) is 41.2 Å². The molecule has 1 aliphatic rings. The van der Waals surface area contributed by atoms with Gasteiger partial charge in [0, 0.05) is 30.2 Å². The molecular weight excluding hydrogens is 298 g/mol. The van der Waals surface area contributed by atoms with Crippen LogP contribution in [0.2, 0.25) is 0 Å². The Balaban J connectivity index is 1.58. The van der Waals surface area contributed by atoms with Crippen LogP contribution in [-0.4, -0.2) is 47.7 Å². The number of para-hydroxylation sites is 1. The van der Waals surface area contributed by atoms with Crippen molar-refractivity contribution in [3.63, 3.8) is 0 Å². The molecule has 0 unspecified atom stereocenters. The minimum Gasteiger partial charge on any atom is -0.379 e. The summed E-state index contributed by atoms with van der Waals surface area (Å²) in [6.07, 6.45) is 4.08. The second-order valence-electron chi connectivity index (χ2n) is 6.30. The van der Waals surface area contributed by atoms with Crippen LogP contribution in [0.4, 0.5) is 0 Å². The number of H-pyrrole nitrogens is 1. The number of aromatic amines is 1. The summed E-state index contributed by atoms with van der Waals surface area (Å²) >= 11 is 0. The molecule has 124 valence electrons. The molecule has 2 aromatic heterocycles. The van der Waals surface area contributed by atoms with Gasteiger partial charge in [-0.3, -0.25) is 9.88 Å². The number of ether oxygens (including phenoxy) is 1. The molecule has 0 aliphatic carbocycles. The summed E-state index contributed by atoms with van der Waals surface area (Å²) in [5, 5.41) is 1.32. The van der Waals surface area contributed by atoms with Crippen LogP contribution in [0.5, 0.6) is 0 Å². The van der Waals surface area contributed by atoms with Gasteiger partial charge in [0.05, 0.1) is 24.6 Å². The summed E-state index contributed by atoms with van der Waals surface area (Å²) in [6, 6.07) is 14.6. The monoisotopic (exact) mass is 321 g/mol. The Morgan fingerprint density at radius 2 is 1.88 bits per heavy atom. The molecule has 1 fully saturated rings. The van der Waals surface area contributed by atoms with E-state index in [9.17, 15) is 0 Å². The number of hydrogen-bond donors (Lipinski definition) is 1. The van der Waals surface area contributed by atoms with Crippen molar-refractivity contribution in [3.8, 4) is 11.4 Å². The van der Waals surface area contributed by atoms with Crippen LogP contribution in [0.25, 0.3) is 22.3 Å². The lowest BCUT2D eigenvalue weighted by atomic mass is 10.0. The quantitative estimate of drug-likeness (QED) is 0.782. The maximum atomic E-state index is 5.43. The second kappa shape index (κ2) is 7.16. The molecule has 4 nitrogen and oxygen atoms in total. The van der Waals surface area contributed by atoms with E-state index in [1.165, 1.54) is 22.2 Å². The molecule has 1 saturated heterocycles. The maximum absolute atomic E-state index is 5.43. The molecule has 0 radical (unpaired) electrons. The van der Waals surface area contributed by atoms with Crippen LogP contribution in [0, 0.1) is 0 Å². The largest absolute Gasteiger partial charge is 0.379 e. The Kier molecular flexibility index (Phi) is 4.58. The molecule has 0 bridgehead atoms. The van der Waals surface area contributed by atoms with Gasteiger partial charge in [0.25, 0.3) is 0 Å². The van der Waals surface area contributed by atoms with E-state index in [2.05, 4.69) is 45.2 Å². The summed E-state index contributed by atoms with van der Waals surface area (Å²) in [5.41, 5.74) is 4.77. The van der Waals surface area contributed by atoms with Crippen molar-refractivity contribution in [2.75, 3.05) is 32.8 Å². The molecular formula is C20H23N3O. The van der Waals surface area contributed by atoms with Crippen LogP contribution in [0.15, 0.2) is 48.7 Å². The molecule has 4 heteroatoms. The molecule has 1 aliphatic heterocycles. The highest BCUT2D eigenvalue weighted by Gasteiger charge is 2.15. The Morgan fingerprint density at radius 1 is 1.04 bits per heavy atom.